The maximum atomic E-state index is 12.4. The normalized spacial score (nSPS) is 12.3. The highest BCUT2D eigenvalue weighted by molar-refractivity contribution is 7.92. The molecule has 6 nitrogen and oxygen atoms in total. The molecule has 2 rings (SSSR count). The lowest BCUT2D eigenvalue weighted by molar-refractivity contribution is 0.0939. The number of benzene rings is 2. The summed E-state index contributed by atoms with van der Waals surface area (Å²) in [5.74, 6) is 0.392. The molecule has 2 N–H and O–H groups in total. The molecule has 0 aliphatic rings. The van der Waals surface area contributed by atoms with Crippen molar-refractivity contribution in [2.24, 2.45) is 0 Å². The molecule has 0 unspecified atom stereocenters. The zero-order valence-electron chi connectivity index (χ0n) is 13.7. The Kier molecular flexibility index (Phi) is 5.46. The zero-order chi connectivity index (χ0) is 17.7. The Morgan fingerprint density at radius 2 is 1.83 bits per heavy atom. The van der Waals surface area contributed by atoms with Gasteiger partial charge in [-0.15, -0.1) is 0 Å². The highest BCUT2D eigenvalue weighted by Crippen LogP contribution is 2.24. The van der Waals surface area contributed by atoms with Crippen LogP contribution in [0.15, 0.2) is 48.5 Å². The number of anilines is 1. The Balaban J connectivity index is 2.16. The van der Waals surface area contributed by atoms with Crippen LogP contribution in [0.25, 0.3) is 0 Å². The van der Waals surface area contributed by atoms with Crippen LogP contribution < -0.4 is 14.8 Å². The van der Waals surface area contributed by atoms with Crippen LogP contribution in [0.3, 0.4) is 0 Å². The third-order valence-corrected chi connectivity index (χ3v) is 3.99. The first-order chi connectivity index (χ1) is 11.3. The number of carbonyl (C=O) groups is 1. The van der Waals surface area contributed by atoms with Gasteiger partial charge in [0.1, 0.15) is 5.75 Å². The first-order valence-electron chi connectivity index (χ1n) is 7.32. The average Bonchev–Trinajstić information content (AvgIpc) is 2.53. The van der Waals surface area contributed by atoms with Gasteiger partial charge in [0.15, 0.2) is 0 Å². The minimum atomic E-state index is -3.39. The van der Waals surface area contributed by atoms with E-state index in [9.17, 15) is 13.2 Å². The van der Waals surface area contributed by atoms with E-state index in [0.29, 0.717) is 17.0 Å². The molecule has 0 fully saturated rings. The van der Waals surface area contributed by atoms with E-state index in [0.717, 1.165) is 11.8 Å². The molecule has 2 aromatic rings. The van der Waals surface area contributed by atoms with Gasteiger partial charge in [0.05, 0.1) is 19.4 Å². The van der Waals surface area contributed by atoms with E-state index in [1.807, 2.05) is 31.2 Å². The highest BCUT2D eigenvalue weighted by atomic mass is 32.2. The van der Waals surface area contributed by atoms with Crippen molar-refractivity contribution in [2.45, 2.75) is 13.0 Å². The monoisotopic (exact) mass is 348 g/mol. The maximum absolute atomic E-state index is 12.4. The first-order valence-corrected chi connectivity index (χ1v) is 9.21. The molecule has 1 atom stereocenters. The molecule has 7 heteroatoms. The Morgan fingerprint density at radius 1 is 1.12 bits per heavy atom. The van der Waals surface area contributed by atoms with Gasteiger partial charge in [-0.1, -0.05) is 24.3 Å². The molecule has 0 saturated heterocycles. The van der Waals surface area contributed by atoms with Gasteiger partial charge in [0.2, 0.25) is 10.0 Å². The summed E-state index contributed by atoms with van der Waals surface area (Å²) in [6.07, 6.45) is 1.06. The number of methoxy groups -OCH3 is 1. The fraction of sp³-hybridized carbons (Fsp3) is 0.235. The second kappa shape index (κ2) is 7.35. The molecule has 0 heterocycles. The van der Waals surface area contributed by atoms with E-state index in [2.05, 4.69) is 10.0 Å². The molecule has 0 bridgehead atoms. The van der Waals surface area contributed by atoms with Crippen LogP contribution in [-0.2, 0) is 10.0 Å². The number of rotatable bonds is 6. The highest BCUT2D eigenvalue weighted by Gasteiger charge is 2.15. The number of sulfonamides is 1. The number of carbonyl (C=O) groups excluding carboxylic acids is 1. The van der Waals surface area contributed by atoms with Gasteiger partial charge in [0, 0.05) is 16.8 Å². The molecule has 24 heavy (non-hydrogen) atoms. The maximum Gasteiger partial charge on any atom is 0.251 e. The second-order valence-corrected chi connectivity index (χ2v) is 7.14. The van der Waals surface area contributed by atoms with E-state index in [-0.39, 0.29) is 11.9 Å². The lowest BCUT2D eigenvalue weighted by atomic mass is 10.1. The van der Waals surface area contributed by atoms with Gasteiger partial charge < -0.3 is 10.1 Å². The van der Waals surface area contributed by atoms with Crippen LogP contribution >= 0.6 is 0 Å². The molecule has 0 aliphatic carbocycles. The van der Waals surface area contributed by atoms with E-state index in [1.54, 1.807) is 25.3 Å². The van der Waals surface area contributed by atoms with Gasteiger partial charge in [-0.05, 0) is 31.2 Å². The van der Waals surface area contributed by atoms with E-state index in [4.69, 9.17) is 4.74 Å². The largest absolute Gasteiger partial charge is 0.496 e. The lowest BCUT2D eigenvalue weighted by Gasteiger charge is -2.17. The Morgan fingerprint density at radius 3 is 2.50 bits per heavy atom. The number of para-hydroxylation sites is 1. The molecule has 0 aliphatic heterocycles. The third-order valence-electron chi connectivity index (χ3n) is 3.38. The number of ether oxygens (including phenoxy) is 1. The summed E-state index contributed by atoms with van der Waals surface area (Å²) in [5.41, 5.74) is 1.57. The van der Waals surface area contributed by atoms with Crippen molar-refractivity contribution in [2.75, 3.05) is 18.1 Å². The predicted molar refractivity (Wildman–Crippen MR) is 93.8 cm³/mol. The van der Waals surface area contributed by atoms with E-state index < -0.39 is 10.0 Å². The van der Waals surface area contributed by atoms with Crippen molar-refractivity contribution < 1.29 is 17.9 Å². The average molecular weight is 348 g/mol. The molecule has 0 saturated carbocycles. The number of hydrogen-bond donors (Lipinski definition) is 2. The van der Waals surface area contributed by atoms with Crippen LogP contribution in [0.2, 0.25) is 0 Å². The van der Waals surface area contributed by atoms with Gasteiger partial charge >= 0.3 is 0 Å². The number of hydrogen-bond acceptors (Lipinski definition) is 4. The van der Waals surface area contributed by atoms with Gasteiger partial charge in [-0.2, -0.15) is 0 Å². The van der Waals surface area contributed by atoms with Gasteiger partial charge in [-0.3, -0.25) is 9.52 Å². The number of amides is 1. The Bertz CT molecular complexity index is 834. The third kappa shape index (κ3) is 4.73. The lowest BCUT2D eigenvalue weighted by Crippen LogP contribution is -2.27. The zero-order valence-corrected chi connectivity index (χ0v) is 14.6. The topological polar surface area (TPSA) is 84.5 Å². The Labute approximate surface area is 141 Å². The quantitative estimate of drug-likeness (QED) is 0.840. The summed E-state index contributed by atoms with van der Waals surface area (Å²) < 4.78 is 30.2. The van der Waals surface area contributed by atoms with Crippen molar-refractivity contribution >= 4 is 21.6 Å². The standard InChI is InChI=1S/C17H20N2O4S/c1-12(15-9-4-5-10-16(15)23-2)18-17(20)13-7-6-8-14(11-13)19-24(3,21)22/h4-12,19H,1-3H3,(H,18,20)/t12-/m0/s1. The van der Waals surface area contributed by atoms with E-state index >= 15 is 0 Å². The summed E-state index contributed by atoms with van der Waals surface area (Å²) in [7, 11) is -1.82. The van der Waals surface area contributed by atoms with Crippen LogP contribution in [0.5, 0.6) is 5.75 Å². The smallest absolute Gasteiger partial charge is 0.251 e. The van der Waals surface area contributed by atoms with Crippen molar-refractivity contribution in [1.29, 1.82) is 0 Å². The Hall–Kier alpha value is -2.54. The molecule has 1 amide bonds. The van der Waals surface area contributed by atoms with Crippen LogP contribution in [0, 0.1) is 0 Å². The molecular weight excluding hydrogens is 328 g/mol. The molecule has 128 valence electrons. The van der Waals surface area contributed by atoms with Gasteiger partial charge in [0.25, 0.3) is 5.91 Å². The molecular formula is C17H20N2O4S. The van der Waals surface area contributed by atoms with E-state index in [1.165, 1.54) is 6.07 Å². The molecule has 0 aromatic heterocycles. The summed E-state index contributed by atoms with van der Waals surface area (Å²) in [6, 6.07) is 13.5. The van der Waals surface area contributed by atoms with Crippen molar-refractivity contribution in [3.05, 3.63) is 59.7 Å². The van der Waals surface area contributed by atoms with Gasteiger partial charge in [-0.25, -0.2) is 8.42 Å². The predicted octanol–water partition coefficient (Wildman–Crippen LogP) is 2.56. The summed E-state index contributed by atoms with van der Waals surface area (Å²) >= 11 is 0. The first kappa shape index (κ1) is 17.8. The molecule has 0 spiro atoms. The summed E-state index contributed by atoms with van der Waals surface area (Å²) in [6.45, 7) is 1.86. The fourth-order valence-electron chi connectivity index (χ4n) is 2.32. The van der Waals surface area contributed by atoms with Crippen LogP contribution in [0.1, 0.15) is 28.9 Å². The summed E-state index contributed by atoms with van der Waals surface area (Å²) in [5, 5.41) is 2.88. The molecule has 0 radical (unpaired) electrons. The van der Waals surface area contributed by atoms with Crippen molar-refractivity contribution in [3.63, 3.8) is 0 Å². The number of nitrogens with one attached hydrogen (secondary N) is 2. The van der Waals surface area contributed by atoms with Crippen molar-refractivity contribution in [3.8, 4) is 5.75 Å². The minimum Gasteiger partial charge on any atom is -0.496 e. The summed E-state index contributed by atoms with van der Waals surface area (Å²) in [4.78, 5) is 12.4. The molecule has 2 aromatic carbocycles. The second-order valence-electron chi connectivity index (χ2n) is 5.39. The fourth-order valence-corrected chi connectivity index (χ4v) is 2.87. The van der Waals surface area contributed by atoms with Crippen LogP contribution in [0.4, 0.5) is 5.69 Å². The van der Waals surface area contributed by atoms with Crippen LogP contribution in [-0.4, -0.2) is 27.7 Å². The minimum absolute atomic E-state index is 0.264. The van der Waals surface area contributed by atoms with Crippen molar-refractivity contribution in [1.82, 2.24) is 5.32 Å². The SMILES string of the molecule is COc1ccccc1[C@H](C)NC(=O)c1cccc(NS(C)(=O)=O)c1.